The van der Waals surface area contributed by atoms with Crippen LogP contribution in [0.2, 0.25) is 0 Å². The molecule has 82 valence electrons. The van der Waals surface area contributed by atoms with E-state index in [0.29, 0.717) is 6.54 Å². The van der Waals surface area contributed by atoms with Crippen LogP contribution in [0.15, 0.2) is 5.16 Å². The van der Waals surface area contributed by atoms with Gasteiger partial charge in [-0.15, -0.1) is 0 Å². The maximum Gasteiger partial charge on any atom is 0.148 e. The number of oxime groups is 1. The summed E-state index contributed by atoms with van der Waals surface area (Å²) >= 11 is 0. The first-order chi connectivity index (χ1) is 6.51. The summed E-state index contributed by atoms with van der Waals surface area (Å²) in [4.78, 5) is 2.08. The van der Waals surface area contributed by atoms with Crippen molar-refractivity contribution >= 4 is 15.5 Å². The van der Waals surface area contributed by atoms with Crippen LogP contribution in [-0.4, -0.2) is 55.9 Å². The Labute approximate surface area is 84.3 Å². The lowest BCUT2D eigenvalue weighted by Crippen LogP contribution is -2.36. The molecule has 0 aliphatic carbocycles. The number of likely N-dealkylation sites (tertiary alicyclic amines) is 1. The van der Waals surface area contributed by atoms with Crippen LogP contribution < -0.4 is 0 Å². The summed E-state index contributed by atoms with van der Waals surface area (Å²) in [6.07, 6.45) is 2.72. The maximum atomic E-state index is 10.9. The first kappa shape index (κ1) is 11.5. The summed E-state index contributed by atoms with van der Waals surface area (Å²) in [5, 5.41) is 11.7. The fourth-order valence-corrected chi connectivity index (χ4v) is 2.02. The second-order valence-electron chi connectivity index (χ2n) is 3.64. The van der Waals surface area contributed by atoms with Crippen molar-refractivity contribution in [3.8, 4) is 0 Å². The first-order valence-corrected chi connectivity index (χ1v) is 6.67. The van der Waals surface area contributed by atoms with Crippen molar-refractivity contribution < 1.29 is 13.6 Å². The minimum atomic E-state index is -2.86. The van der Waals surface area contributed by atoms with Crippen molar-refractivity contribution in [2.24, 2.45) is 5.16 Å². The van der Waals surface area contributed by atoms with Crippen LogP contribution in [0.5, 0.6) is 0 Å². The van der Waals surface area contributed by atoms with E-state index in [-0.39, 0.29) is 5.75 Å². The fourth-order valence-electron chi connectivity index (χ4n) is 1.43. The molecule has 0 aromatic rings. The van der Waals surface area contributed by atoms with Gasteiger partial charge >= 0.3 is 0 Å². The van der Waals surface area contributed by atoms with Crippen molar-refractivity contribution in [3.63, 3.8) is 0 Å². The zero-order valence-corrected chi connectivity index (χ0v) is 9.13. The zero-order valence-electron chi connectivity index (χ0n) is 8.31. The number of hydrogen-bond donors (Lipinski definition) is 1. The highest BCUT2D eigenvalue weighted by atomic mass is 32.2. The second-order valence-corrected chi connectivity index (χ2v) is 5.90. The van der Waals surface area contributed by atoms with E-state index in [9.17, 15) is 8.42 Å². The Balaban J connectivity index is 2.30. The maximum absolute atomic E-state index is 10.9. The molecule has 0 spiro atoms. The summed E-state index contributed by atoms with van der Waals surface area (Å²) in [5.74, 6) is 0.207. The van der Waals surface area contributed by atoms with E-state index >= 15 is 0 Å². The molecular formula is C8H16N2O3S. The molecule has 1 rings (SSSR count). The van der Waals surface area contributed by atoms with Crippen LogP contribution >= 0.6 is 0 Å². The summed E-state index contributed by atoms with van der Waals surface area (Å²) in [6, 6.07) is 0. The average Bonchev–Trinajstić information content (AvgIpc) is 2.14. The van der Waals surface area contributed by atoms with Gasteiger partial charge in [0.1, 0.15) is 9.84 Å². The number of nitrogens with zero attached hydrogens (tertiary/aromatic N) is 2. The van der Waals surface area contributed by atoms with Gasteiger partial charge in [-0.2, -0.15) is 0 Å². The van der Waals surface area contributed by atoms with Crippen molar-refractivity contribution in [1.29, 1.82) is 0 Å². The average molecular weight is 220 g/mol. The number of hydrogen-bond acceptors (Lipinski definition) is 5. The highest BCUT2D eigenvalue weighted by molar-refractivity contribution is 7.90. The lowest BCUT2D eigenvalue weighted by molar-refractivity contribution is 0.274. The van der Waals surface area contributed by atoms with E-state index in [0.717, 1.165) is 31.6 Å². The molecule has 1 aliphatic heterocycles. The highest BCUT2D eigenvalue weighted by Crippen LogP contribution is 2.06. The molecule has 1 fully saturated rings. The molecule has 0 aromatic carbocycles. The van der Waals surface area contributed by atoms with Crippen molar-refractivity contribution in [2.75, 3.05) is 31.6 Å². The van der Waals surface area contributed by atoms with Crippen LogP contribution in [0.3, 0.4) is 0 Å². The van der Waals surface area contributed by atoms with Gasteiger partial charge in [-0.3, -0.25) is 0 Å². The molecule has 0 amide bonds. The molecule has 0 unspecified atom stereocenters. The first-order valence-electron chi connectivity index (χ1n) is 4.61. The third-order valence-electron chi connectivity index (χ3n) is 2.35. The number of sulfone groups is 1. The predicted octanol–water partition coefficient (Wildman–Crippen LogP) is -0.0430. The lowest BCUT2D eigenvalue weighted by atomic mass is 10.1. The molecule has 6 heteroatoms. The predicted molar refractivity (Wildman–Crippen MR) is 54.6 cm³/mol. The Morgan fingerprint density at radius 2 is 2.00 bits per heavy atom. The minimum Gasteiger partial charge on any atom is -0.411 e. The van der Waals surface area contributed by atoms with Gasteiger partial charge in [0.2, 0.25) is 0 Å². The van der Waals surface area contributed by atoms with E-state index < -0.39 is 9.84 Å². The second kappa shape index (κ2) is 4.75. The van der Waals surface area contributed by atoms with Crippen molar-refractivity contribution in [1.82, 2.24) is 4.90 Å². The van der Waals surface area contributed by atoms with E-state index in [1.165, 1.54) is 6.26 Å². The Hall–Kier alpha value is -0.620. The fraction of sp³-hybridized carbons (Fsp3) is 0.875. The van der Waals surface area contributed by atoms with E-state index in [2.05, 4.69) is 10.1 Å². The largest absolute Gasteiger partial charge is 0.411 e. The third-order valence-corrected chi connectivity index (χ3v) is 3.28. The molecule has 0 bridgehead atoms. The topological polar surface area (TPSA) is 70.0 Å². The molecule has 0 aromatic heterocycles. The van der Waals surface area contributed by atoms with Gasteiger partial charge < -0.3 is 10.1 Å². The zero-order chi connectivity index (χ0) is 10.6. The Kier molecular flexibility index (Phi) is 3.88. The van der Waals surface area contributed by atoms with Gasteiger partial charge in [0.05, 0.1) is 11.5 Å². The van der Waals surface area contributed by atoms with Crippen LogP contribution in [0.25, 0.3) is 0 Å². The molecule has 0 atom stereocenters. The summed E-state index contributed by atoms with van der Waals surface area (Å²) in [7, 11) is -2.86. The summed E-state index contributed by atoms with van der Waals surface area (Å²) < 4.78 is 21.8. The minimum absolute atomic E-state index is 0.207. The van der Waals surface area contributed by atoms with Crippen LogP contribution in [0.4, 0.5) is 0 Å². The Morgan fingerprint density at radius 3 is 2.43 bits per heavy atom. The molecule has 1 saturated heterocycles. The van der Waals surface area contributed by atoms with Gasteiger partial charge in [-0.1, -0.05) is 5.16 Å². The van der Waals surface area contributed by atoms with E-state index in [4.69, 9.17) is 5.21 Å². The smallest absolute Gasteiger partial charge is 0.148 e. The number of rotatable bonds is 3. The van der Waals surface area contributed by atoms with E-state index in [1.54, 1.807) is 0 Å². The molecule has 1 aliphatic rings. The van der Waals surface area contributed by atoms with Crippen molar-refractivity contribution in [2.45, 2.75) is 12.8 Å². The van der Waals surface area contributed by atoms with E-state index in [1.807, 2.05) is 0 Å². The molecule has 14 heavy (non-hydrogen) atoms. The molecule has 5 nitrogen and oxygen atoms in total. The van der Waals surface area contributed by atoms with Gasteiger partial charge in [-0.25, -0.2) is 8.42 Å². The normalized spacial score (nSPS) is 19.6. The Morgan fingerprint density at radius 1 is 1.43 bits per heavy atom. The van der Waals surface area contributed by atoms with Crippen LogP contribution in [-0.2, 0) is 9.84 Å². The van der Waals surface area contributed by atoms with Gasteiger partial charge in [0, 0.05) is 38.7 Å². The Bertz CT molecular complexity index is 301. The van der Waals surface area contributed by atoms with Gasteiger partial charge in [-0.05, 0) is 0 Å². The summed E-state index contributed by atoms with van der Waals surface area (Å²) in [5.41, 5.74) is 0.806. The summed E-state index contributed by atoms with van der Waals surface area (Å²) in [6.45, 7) is 2.15. The quantitative estimate of drug-likeness (QED) is 0.535. The monoisotopic (exact) mass is 220 g/mol. The molecule has 1 heterocycles. The lowest BCUT2D eigenvalue weighted by Gasteiger charge is -2.26. The van der Waals surface area contributed by atoms with Crippen LogP contribution in [0, 0.1) is 0 Å². The molecule has 0 saturated carbocycles. The van der Waals surface area contributed by atoms with Gasteiger partial charge in [0.15, 0.2) is 0 Å². The molecule has 0 radical (unpaired) electrons. The van der Waals surface area contributed by atoms with Gasteiger partial charge in [0.25, 0.3) is 0 Å². The van der Waals surface area contributed by atoms with Crippen LogP contribution in [0.1, 0.15) is 12.8 Å². The number of piperidine rings is 1. The SMILES string of the molecule is CS(=O)(=O)CCN1CCC(=NO)CC1. The third kappa shape index (κ3) is 4.06. The highest BCUT2D eigenvalue weighted by Gasteiger charge is 2.16. The molecular weight excluding hydrogens is 204 g/mol. The van der Waals surface area contributed by atoms with Crippen molar-refractivity contribution in [3.05, 3.63) is 0 Å². The molecule has 1 N–H and O–H groups in total. The standard InChI is InChI=1S/C8H16N2O3S/c1-14(12,13)7-6-10-4-2-8(9-11)3-5-10/h11H,2-7H2,1H3.